The Morgan fingerprint density at radius 3 is 2.60 bits per heavy atom. The number of fused-ring (bicyclic) bond motifs is 1. The Morgan fingerprint density at radius 2 is 1.81 bits per heavy atom. The molecule has 42 heavy (non-hydrogen) atoms. The van der Waals surface area contributed by atoms with E-state index in [1.54, 1.807) is 0 Å². The number of carbonyl (C=O) groups excluding carboxylic acids is 1. The predicted octanol–water partition coefficient (Wildman–Crippen LogP) is 4.10. The summed E-state index contributed by atoms with van der Waals surface area (Å²) in [6, 6.07) is 22.0. The number of ether oxygens (including phenoxy) is 1. The highest BCUT2D eigenvalue weighted by Gasteiger charge is 2.26. The molecule has 0 saturated carbocycles. The summed E-state index contributed by atoms with van der Waals surface area (Å²) in [5.41, 5.74) is 11.8. The fourth-order valence-electron chi connectivity index (χ4n) is 5.09. The SMILES string of the molecule is C/C(=N/NC(=O)c1c(CN2CCCCC2)nnn1-c1nonc1N)c1ccc(OCc2cccc3ccccc23)cc1. The van der Waals surface area contributed by atoms with Crippen LogP contribution in [0, 0.1) is 0 Å². The second-order valence-electron chi connectivity index (χ2n) is 10.2. The second kappa shape index (κ2) is 12.2. The van der Waals surface area contributed by atoms with Crippen LogP contribution in [0.3, 0.4) is 0 Å². The lowest BCUT2D eigenvalue weighted by atomic mass is 10.1. The summed E-state index contributed by atoms with van der Waals surface area (Å²) < 4.78 is 12.0. The molecule has 1 fully saturated rings. The van der Waals surface area contributed by atoms with E-state index in [1.165, 1.54) is 21.9 Å². The first kappa shape index (κ1) is 27.1. The molecule has 12 heteroatoms. The molecule has 3 aromatic carbocycles. The van der Waals surface area contributed by atoms with Gasteiger partial charge in [0.25, 0.3) is 5.91 Å². The van der Waals surface area contributed by atoms with E-state index in [0.29, 0.717) is 24.6 Å². The average molecular weight is 566 g/mol. The molecule has 3 heterocycles. The first-order valence-corrected chi connectivity index (χ1v) is 13.9. The highest BCUT2D eigenvalue weighted by Crippen LogP contribution is 2.22. The lowest BCUT2D eigenvalue weighted by molar-refractivity contribution is 0.0944. The van der Waals surface area contributed by atoms with Crippen LogP contribution in [-0.4, -0.2) is 54.9 Å². The smallest absolute Gasteiger partial charge is 0.292 e. The molecule has 3 N–H and O–H groups in total. The molecule has 0 aliphatic carbocycles. The van der Waals surface area contributed by atoms with Crippen LogP contribution in [0.25, 0.3) is 16.6 Å². The number of aromatic nitrogens is 5. The van der Waals surface area contributed by atoms with Gasteiger partial charge in [-0.3, -0.25) is 9.69 Å². The number of piperidine rings is 1. The molecule has 2 aromatic heterocycles. The molecule has 0 bridgehead atoms. The van der Waals surface area contributed by atoms with Crippen molar-refractivity contribution in [3.8, 4) is 11.6 Å². The summed E-state index contributed by atoms with van der Waals surface area (Å²) in [4.78, 5) is 15.7. The Labute approximate surface area is 242 Å². The second-order valence-corrected chi connectivity index (χ2v) is 10.2. The van der Waals surface area contributed by atoms with E-state index >= 15 is 0 Å². The number of rotatable bonds is 9. The van der Waals surface area contributed by atoms with Gasteiger partial charge in [0.15, 0.2) is 5.69 Å². The van der Waals surface area contributed by atoms with Gasteiger partial charge in [0, 0.05) is 6.54 Å². The number of hydrogen-bond acceptors (Lipinski definition) is 10. The maximum Gasteiger partial charge on any atom is 0.292 e. The van der Waals surface area contributed by atoms with Crippen LogP contribution in [0.5, 0.6) is 5.75 Å². The standard InChI is InChI=1S/C30H31N9O3/c1-20(21-12-14-24(15-13-21)41-19-23-10-7-9-22-8-3-4-11-25(22)23)32-34-30(40)27-26(18-38-16-5-2-6-17-38)33-37-39(27)29-28(31)35-42-36-29/h3-4,7-15H,2,5-6,16-19H2,1H3,(H2,31,35)(H,34,40)/b32-20-. The molecule has 0 atom stereocenters. The summed E-state index contributed by atoms with van der Waals surface area (Å²) in [7, 11) is 0. The van der Waals surface area contributed by atoms with Gasteiger partial charge in [-0.1, -0.05) is 54.1 Å². The number of benzene rings is 3. The third kappa shape index (κ3) is 5.84. The minimum atomic E-state index is -0.496. The molecular formula is C30H31N9O3. The molecule has 1 aliphatic rings. The maximum absolute atomic E-state index is 13.4. The van der Waals surface area contributed by atoms with Crippen molar-refractivity contribution in [2.75, 3.05) is 18.8 Å². The van der Waals surface area contributed by atoms with Crippen molar-refractivity contribution in [2.24, 2.45) is 5.10 Å². The van der Waals surface area contributed by atoms with Crippen molar-refractivity contribution in [3.05, 3.63) is 89.2 Å². The van der Waals surface area contributed by atoms with E-state index in [4.69, 9.17) is 15.1 Å². The van der Waals surface area contributed by atoms with E-state index in [1.807, 2.05) is 49.4 Å². The van der Waals surface area contributed by atoms with Crippen LogP contribution in [0.1, 0.15) is 53.5 Å². The summed E-state index contributed by atoms with van der Waals surface area (Å²) in [6.07, 6.45) is 3.40. The zero-order chi connectivity index (χ0) is 28.9. The summed E-state index contributed by atoms with van der Waals surface area (Å²) in [5.74, 6) is 0.335. The fourth-order valence-corrected chi connectivity index (χ4v) is 5.09. The first-order chi connectivity index (χ1) is 20.6. The highest BCUT2D eigenvalue weighted by molar-refractivity contribution is 6.01. The summed E-state index contributed by atoms with van der Waals surface area (Å²) >= 11 is 0. The normalized spacial score (nSPS) is 14.3. The molecule has 0 unspecified atom stereocenters. The van der Waals surface area contributed by atoms with Gasteiger partial charge in [-0.05, 0) is 89.3 Å². The van der Waals surface area contributed by atoms with Crippen molar-refractivity contribution in [3.63, 3.8) is 0 Å². The predicted molar refractivity (Wildman–Crippen MR) is 157 cm³/mol. The molecule has 0 radical (unpaired) electrons. The Hall–Kier alpha value is -5.10. The molecule has 5 aromatic rings. The van der Waals surface area contributed by atoms with Crippen molar-refractivity contribution in [1.82, 2.24) is 35.6 Å². The first-order valence-electron chi connectivity index (χ1n) is 13.9. The minimum absolute atomic E-state index is 0.000846. The van der Waals surface area contributed by atoms with Crippen LogP contribution in [0.4, 0.5) is 5.82 Å². The molecule has 0 spiro atoms. The van der Waals surface area contributed by atoms with Gasteiger partial charge in [0.2, 0.25) is 11.6 Å². The monoisotopic (exact) mass is 565 g/mol. The molecular weight excluding hydrogens is 534 g/mol. The van der Waals surface area contributed by atoms with Crippen molar-refractivity contribution in [1.29, 1.82) is 0 Å². The highest BCUT2D eigenvalue weighted by atomic mass is 16.6. The molecule has 1 saturated heterocycles. The van der Waals surface area contributed by atoms with E-state index in [2.05, 4.69) is 60.3 Å². The van der Waals surface area contributed by atoms with Crippen molar-refractivity contribution >= 4 is 28.2 Å². The number of carbonyl (C=O) groups is 1. The minimum Gasteiger partial charge on any atom is -0.489 e. The van der Waals surface area contributed by atoms with Gasteiger partial charge in [-0.15, -0.1) is 5.10 Å². The largest absolute Gasteiger partial charge is 0.489 e. The van der Waals surface area contributed by atoms with E-state index in [9.17, 15) is 4.79 Å². The van der Waals surface area contributed by atoms with E-state index < -0.39 is 5.91 Å². The lowest BCUT2D eigenvalue weighted by Gasteiger charge is -2.25. The van der Waals surface area contributed by atoms with Crippen LogP contribution in [0.15, 0.2) is 76.5 Å². The van der Waals surface area contributed by atoms with Gasteiger partial charge < -0.3 is 10.5 Å². The number of amides is 1. The van der Waals surface area contributed by atoms with Crippen molar-refractivity contribution < 1.29 is 14.2 Å². The zero-order valence-corrected chi connectivity index (χ0v) is 23.2. The van der Waals surface area contributed by atoms with Gasteiger partial charge in [0.1, 0.15) is 18.1 Å². The molecule has 6 rings (SSSR count). The third-order valence-electron chi connectivity index (χ3n) is 7.34. The Kier molecular flexibility index (Phi) is 7.86. The Bertz CT molecular complexity index is 1710. The van der Waals surface area contributed by atoms with E-state index in [-0.39, 0.29) is 17.3 Å². The van der Waals surface area contributed by atoms with Crippen LogP contribution < -0.4 is 15.9 Å². The Morgan fingerprint density at radius 1 is 1.02 bits per heavy atom. The summed E-state index contributed by atoms with van der Waals surface area (Å²) in [6.45, 7) is 4.60. The number of nitrogen functional groups attached to an aromatic ring is 1. The maximum atomic E-state index is 13.4. The average Bonchev–Trinajstić information content (AvgIpc) is 3.64. The molecule has 1 amide bonds. The van der Waals surface area contributed by atoms with Crippen LogP contribution >= 0.6 is 0 Å². The molecule has 1 aliphatic heterocycles. The van der Waals surface area contributed by atoms with Crippen LogP contribution in [-0.2, 0) is 13.2 Å². The van der Waals surface area contributed by atoms with E-state index in [0.717, 1.165) is 42.8 Å². The number of anilines is 1. The summed E-state index contributed by atoms with van der Waals surface area (Å²) in [5, 5.41) is 22.5. The number of hydrazone groups is 1. The fraction of sp³-hybridized carbons (Fsp3) is 0.267. The molecule has 214 valence electrons. The van der Waals surface area contributed by atoms with Gasteiger partial charge in [-0.2, -0.15) is 9.78 Å². The zero-order valence-electron chi connectivity index (χ0n) is 23.2. The Balaban J connectivity index is 1.15. The topological polar surface area (TPSA) is 150 Å². The van der Waals surface area contributed by atoms with Crippen molar-refractivity contribution in [2.45, 2.75) is 39.3 Å². The van der Waals surface area contributed by atoms with Gasteiger partial charge in [-0.25, -0.2) is 10.1 Å². The lowest BCUT2D eigenvalue weighted by Crippen LogP contribution is -2.31. The van der Waals surface area contributed by atoms with Crippen LogP contribution in [0.2, 0.25) is 0 Å². The number of nitrogens with two attached hydrogens (primary N) is 1. The number of hydrogen-bond donors (Lipinski definition) is 2. The third-order valence-corrected chi connectivity index (χ3v) is 7.34. The molecule has 12 nitrogen and oxygen atoms in total. The quantitative estimate of drug-likeness (QED) is 0.199. The van der Waals surface area contributed by atoms with Gasteiger partial charge >= 0.3 is 0 Å². The number of likely N-dealkylation sites (tertiary alicyclic amines) is 1. The number of nitrogens with one attached hydrogen (secondary N) is 1. The van der Waals surface area contributed by atoms with Gasteiger partial charge in [0.05, 0.1) is 5.71 Å². The number of nitrogens with zero attached hydrogens (tertiary/aromatic N) is 7.